The van der Waals surface area contributed by atoms with Gasteiger partial charge in [0, 0.05) is 28.7 Å². The predicted molar refractivity (Wildman–Crippen MR) is 89.2 cm³/mol. The first-order chi connectivity index (χ1) is 10.1. The van der Waals surface area contributed by atoms with E-state index >= 15 is 0 Å². The van der Waals surface area contributed by atoms with E-state index < -0.39 is 0 Å². The van der Waals surface area contributed by atoms with Crippen molar-refractivity contribution in [2.75, 3.05) is 0 Å². The van der Waals surface area contributed by atoms with E-state index in [1.165, 1.54) is 17.0 Å². The van der Waals surface area contributed by atoms with Crippen molar-refractivity contribution < 1.29 is 0 Å². The van der Waals surface area contributed by atoms with Gasteiger partial charge in [-0.05, 0) is 38.5 Å². The molecular weight excluding hydrogens is 302 g/mol. The molecule has 0 aliphatic heterocycles. The number of hydrogen-bond acceptors (Lipinski definition) is 3. The van der Waals surface area contributed by atoms with E-state index in [2.05, 4.69) is 53.0 Å². The number of aromatic nitrogens is 2. The molecule has 1 N–H and O–H groups in total. The van der Waals surface area contributed by atoms with Crippen LogP contribution in [0.15, 0.2) is 29.6 Å². The molecule has 2 aromatic heterocycles. The Hall–Kier alpha value is -1.36. The lowest BCUT2D eigenvalue weighted by atomic mass is 10.1. The molecular formula is C16H18ClN3S. The highest BCUT2D eigenvalue weighted by atomic mass is 35.5. The third kappa shape index (κ3) is 2.84. The van der Waals surface area contributed by atoms with Crippen LogP contribution in [0.5, 0.6) is 0 Å². The molecule has 1 atom stereocenters. The Morgan fingerprint density at radius 2 is 2.00 bits per heavy atom. The largest absolute Gasteiger partial charge is 0.305 e. The van der Waals surface area contributed by atoms with Crippen LogP contribution < -0.4 is 5.32 Å². The van der Waals surface area contributed by atoms with Crippen molar-refractivity contribution in [1.82, 2.24) is 14.7 Å². The molecule has 2 heterocycles. The number of thiazole rings is 1. The SMILES string of the molecule is Cc1nc2scc(C)n2c1CN[C@H](C)c1ccc(Cl)cc1. The first kappa shape index (κ1) is 14.6. The normalized spacial score (nSPS) is 13.0. The van der Waals surface area contributed by atoms with Gasteiger partial charge < -0.3 is 5.32 Å². The Morgan fingerprint density at radius 3 is 2.71 bits per heavy atom. The molecule has 0 amide bonds. The summed E-state index contributed by atoms with van der Waals surface area (Å²) in [5.41, 5.74) is 4.82. The van der Waals surface area contributed by atoms with Gasteiger partial charge in [-0.25, -0.2) is 4.98 Å². The van der Waals surface area contributed by atoms with E-state index in [4.69, 9.17) is 11.6 Å². The zero-order valence-electron chi connectivity index (χ0n) is 12.4. The van der Waals surface area contributed by atoms with Crippen molar-refractivity contribution in [3.63, 3.8) is 0 Å². The number of nitrogens with zero attached hydrogens (tertiary/aromatic N) is 2. The van der Waals surface area contributed by atoms with E-state index in [0.717, 1.165) is 22.2 Å². The zero-order valence-corrected chi connectivity index (χ0v) is 13.9. The summed E-state index contributed by atoms with van der Waals surface area (Å²) >= 11 is 7.63. The van der Waals surface area contributed by atoms with Crippen molar-refractivity contribution >= 4 is 27.9 Å². The molecule has 0 spiro atoms. The fraction of sp³-hybridized carbons (Fsp3) is 0.312. The van der Waals surface area contributed by atoms with Crippen LogP contribution in [0, 0.1) is 13.8 Å². The van der Waals surface area contributed by atoms with Crippen LogP contribution in [-0.4, -0.2) is 9.38 Å². The van der Waals surface area contributed by atoms with E-state index in [1.54, 1.807) is 11.3 Å². The Bertz CT molecular complexity index is 758. The Balaban J connectivity index is 1.78. The molecule has 5 heteroatoms. The topological polar surface area (TPSA) is 29.3 Å². The lowest BCUT2D eigenvalue weighted by Gasteiger charge is -2.14. The van der Waals surface area contributed by atoms with Gasteiger partial charge in [-0.1, -0.05) is 23.7 Å². The molecule has 3 nitrogen and oxygen atoms in total. The van der Waals surface area contributed by atoms with E-state index in [-0.39, 0.29) is 6.04 Å². The van der Waals surface area contributed by atoms with Gasteiger partial charge >= 0.3 is 0 Å². The number of imidazole rings is 1. The van der Waals surface area contributed by atoms with Gasteiger partial charge in [0.05, 0.1) is 11.4 Å². The van der Waals surface area contributed by atoms with Crippen molar-refractivity contribution in [3.05, 3.63) is 57.3 Å². The highest BCUT2D eigenvalue weighted by molar-refractivity contribution is 7.15. The number of rotatable bonds is 4. The molecule has 110 valence electrons. The smallest absolute Gasteiger partial charge is 0.194 e. The summed E-state index contributed by atoms with van der Waals surface area (Å²) in [6.45, 7) is 7.16. The Morgan fingerprint density at radius 1 is 1.29 bits per heavy atom. The summed E-state index contributed by atoms with van der Waals surface area (Å²) < 4.78 is 2.24. The standard InChI is InChI=1S/C16H18ClN3S/c1-10-9-21-16-19-12(3)15(20(10)16)8-18-11(2)13-4-6-14(17)7-5-13/h4-7,9,11,18H,8H2,1-3H3/t11-/m1/s1. The van der Waals surface area contributed by atoms with Crippen LogP contribution in [0.1, 0.15) is 35.6 Å². The average Bonchev–Trinajstić information content (AvgIpc) is 2.97. The van der Waals surface area contributed by atoms with Gasteiger partial charge in [0.2, 0.25) is 0 Å². The fourth-order valence-corrected chi connectivity index (χ4v) is 3.55. The molecule has 0 fully saturated rings. The van der Waals surface area contributed by atoms with E-state index in [9.17, 15) is 0 Å². The molecule has 0 radical (unpaired) electrons. The quantitative estimate of drug-likeness (QED) is 0.766. The molecule has 0 saturated carbocycles. The summed E-state index contributed by atoms with van der Waals surface area (Å²) in [6.07, 6.45) is 0. The van der Waals surface area contributed by atoms with Gasteiger partial charge in [-0.3, -0.25) is 4.40 Å². The summed E-state index contributed by atoms with van der Waals surface area (Å²) in [7, 11) is 0. The van der Waals surface area contributed by atoms with Crippen LogP contribution in [0.4, 0.5) is 0 Å². The minimum absolute atomic E-state index is 0.270. The van der Waals surface area contributed by atoms with E-state index in [0.29, 0.717) is 0 Å². The average molecular weight is 320 g/mol. The van der Waals surface area contributed by atoms with Crippen LogP contribution in [-0.2, 0) is 6.54 Å². The fourth-order valence-electron chi connectivity index (χ4n) is 2.49. The summed E-state index contributed by atoms with van der Waals surface area (Å²) in [6, 6.07) is 8.26. The Labute approximate surface area is 133 Å². The highest BCUT2D eigenvalue weighted by Crippen LogP contribution is 2.22. The minimum Gasteiger partial charge on any atom is -0.305 e. The second-order valence-electron chi connectivity index (χ2n) is 5.29. The second kappa shape index (κ2) is 5.79. The van der Waals surface area contributed by atoms with Crippen molar-refractivity contribution in [3.8, 4) is 0 Å². The van der Waals surface area contributed by atoms with Gasteiger partial charge in [0.15, 0.2) is 4.96 Å². The summed E-state index contributed by atoms with van der Waals surface area (Å²) in [5, 5.41) is 6.49. The molecule has 0 saturated heterocycles. The monoisotopic (exact) mass is 319 g/mol. The minimum atomic E-state index is 0.270. The molecule has 0 unspecified atom stereocenters. The molecule has 0 bridgehead atoms. The summed E-state index contributed by atoms with van der Waals surface area (Å²) in [4.78, 5) is 5.69. The van der Waals surface area contributed by atoms with Gasteiger partial charge in [0.25, 0.3) is 0 Å². The van der Waals surface area contributed by atoms with Crippen molar-refractivity contribution in [2.45, 2.75) is 33.4 Å². The third-order valence-corrected chi connectivity index (χ3v) is 4.97. The zero-order chi connectivity index (χ0) is 15.0. The predicted octanol–water partition coefficient (Wildman–Crippen LogP) is 4.52. The number of fused-ring (bicyclic) bond motifs is 1. The molecule has 21 heavy (non-hydrogen) atoms. The van der Waals surface area contributed by atoms with Gasteiger partial charge in [-0.15, -0.1) is 11.3 Å². The second-order valence-corrected chi connectivity index (χ2v) is 6.57. The molecule has 0 aliphatic carbocycles. The molecule has 0 aliphatic rings. The number of hydrogen-bond donors (Lipinski definition) is 1. The lowest BCUT2D eigenvalue weighted by Crippen LogP contribution is -2.19. The van der Waals surface area contributed by atoms with Crippen LogP contribution >= 0.6 is 22.9 Å². The maximum absolute atomic E-state index is 5.93. The lowest BCUT2D eigenvalue weighted by molar-refractivity contribution is 0.564. The van der Waals surface area contributed by atoms with Crippen molar-refractivity contribution in [2.24, 2.45) is 0 Å². The van der Waals surface area contributed by atoms with Crippen molar-refractivity contribution in [1.29, 1.82) is 0 Å². The summed E-state index contributed by atoms with van der Waals surface area (Å²) in [5.74, 6) is 0. The van der Waals surface area contributed by atoms with Gasteiger partial charge in [0.1, 0.15) is 0 Å². The van der Waals surface area contributed by atoms with Crippen LogP contribution in [0.3, 0.4) is 0 Å². The highest BCUT2D eigenvalue weighted by Gasteiger charge is 2.13. The molecule has 1 aromatic carbocycles. The maximum atomic E-state index is 5.93. The molecule has 3 rings (SSSR count). The van der Waals surface area contributed by atoms with Crippen LogP contribution in [0.25, 0.3) is 4.96 Å². The van der Waals surface area contributed by atoms with Crippen LogP contribution in [0.2, 0.25) is 5.02 Å². The number of benzene rings is 1. The maximum Gasteiger partial charge on any atom is 0.194 e. The Kier molecular flexibility index (Phi) is 4.02. The first-order valence-electron chi connectivity index (χ1n) is 6.97. The first-order valence-corrected chi connectivity index (χ1v) is 8.23. The van der Waals surface area contributed by atoms with E-state index in [1.807, 2.05) is 12.1 Å². The molecule has 3 aromatic rings. The third-order valence-electron chi connectivity index (χ3n) is 3.78. The number of aryl methyl sites for hydroxylation is 2. The number of halogens is 1. The van der Waals surface area contributed by atoms with Gasteiger partial charge in [-0.2, -0.15) is 0 Å². The number of nitrogens with one attached hydrogen (secondary N) is 1.